The third-order valence-electron chi connectivity index (χ3n) is 2.34. The van der Waals surface area contributed by atoms with Crippen molar-refractivity contribution in [3.63, 3.8) is 0 Å². The van der Waals surface area contributed by atoms with Crippen LogP contribution < -0.4 is 5.32 Å². The lowest BCUT2D eigenvalue weighted by Crippen LogP contribution is -2.31. The molecule has 1 rings (SSSR count). The maximum atomic E-state index is 11.6. The Bertz CT molecular complexity index is 376. The smallest absolute Gasteiger partial charge is 0.325 e. The molecule has 0 aliphatic rings. The first-order valence-corrected chi connectivity index (χ1v) is 5.66. The van der Waals surface area contributed by atoms with Crippen LogP contribution in [0.15, 0.2) is 30.3 Å². The fraction of sp³-hybridized carbons (Fsp3) is 0.385. The number of carbonyl (C=O) groups is 2. The van der Waals surface area contributed by atoms with Crippen LogP contribution in [0.1, 0.15) is 30.6 Å². The average Bonchev–Trinajstić information content (AvgIpc) is 2.36. The Balaban J connectivity index is 2.36. The number of hydrogen-bond acceptors (Lipinski definition) is 3. The van der Waals surface area contributed by atoms with Gasteiger partial charge in [0, 0.05) is 5.56 Å². The second kappa shape index (κ2) is 6.68. The predicted octanol–water partition coefficient (Wildman–Crippen LogP) is 1.76. The van der Waals surface area contributed by atoms with E-state index in [2.05, 4.69) is 5.32 Å². The lowest BCUT2D eigenvalue weighted by Gasteiger charge is -2.11. The van der Waals surface area contributed by atoms with Crippen LogP contribution in [-0.2, 0) is 9.53 Å². The van der Waals surface area contributed by atoms with Crippen molar-refractivity contribution in [2.24, 2.45) is 0 Å². The van der Waals surface area contributed by atoms with Crippen LogP contribution in [0, 0.1) is 0 Å². The van der Waals surface area contributed by atoms with E-state index in [0.717, 1.165) is 6.42 Å². The third kappa shape index (κ3) is 4.68. The highest BCUT2D eigenvalue weighted by molar-refractivity contribution is 5.95. The van der Waals surface area contributed by atoms with E-state index < -0.39 is 5.97 Å². The second-order valence-corrected chi connectivity index (χ2v) is 3.76. The molecule has 0 spiro atoms. The maximum Gasteiger partial charge on any atom is 0.325 e. The molecule has 0 aliphatic heterocycles. The van der Waals surface area contributed by atoms with Crippen molar-refractivity contribution in [2.75, 3.05) is 6.54 Å². The van der Waals surface area contributed by atoms with E-state index in [4.69, 9.17) is 4.74 Å². The van der Waals surface area contributed by atoms with Gasteiger partial charge in [0.25, 0.3) is 5.91 Å². The number of benzene rings is 1. The molecule has 0 fully saturated rings. The molecule has 0 saturated heterocycles. The number of hydrogen-bond donors (Lipinski definition) is 1. The van der Waals surface area contributed by atoms with E-state index in [1.165, 1.54) is 0 Å². The van der Waals surface area contributed by atoms with E-state index in [1.807, 2.05) is 19.9 Å². The van der Waals surface area contributed by atoms with Crippen molar-refractivity contribution < 1.29 is 14.3 Å². The molecule has 0 aromatic heterocycles. The molecule has 4 nitrogen and oxygen atoms in total. The summed E-state index contributed by atoms with van der Waals surface area (Å²) in [5.41, 5.74) is 0.531. The lowest BCUT2D eigenvalue weighted by molar-refractivity contribution is -0.147. The molecule has 1 amide bonds. The van der Waals surface area contributed by atoms with Gasteiger partial charge in [-0.2, -0.15) is 0 Å². The van der Waals surface area contributed by atoms with Gasteiger partial charge in [0.05, 0.1) is 6.10 Å². The molecule has 1 N–H and O–H groups in total. The fourth-order valence-electron chi connectivity index (χ4n) is 1.19. The van der Waals surface area contributed by atoms with Gasteiger partial charge in [0.1, 0.15) is 6.54 Å². The van der Waals surface area contributed by atoms with Crippen LogP contribution in [0.4, 0.5) is 0 Å². The molecule has 92 valence electrons. The molecule has 0 aliphatic carbocycles. The first-order valence-electron chi connectivity index (χ1n) is 5.66. The predicted molar refractivity (Wildman–Crippen MR) is 64.6 cm³/mol. The van der Waals surface area contributed by atoms with Gasteiger partial charge in [-0.05, 0) is 25.5 Å². The number of ether oxygens (including phenoxy) is 1. The van der Waals surface area contributed by atoms with Crippen LogP contribution >= 0.6 is 0 Å². The van der Waals surface area contributed by atoms with Gasteiger partial charge >= 0.3 is 5.97 Å². The number of amides is 1. The molecular weight excluding hydrogens is 218 g/mol. The fourth-order valence-corrected chi connectivity index (χ4v) is 1.19. The van der Waals surface area contributed by atoms with Gasteiger partial charge in [0.15, 0.2) is 0 Å². The normalized spacial score (nSPS) is 11.6. The van der Waals surface area contributed by atoms with Crippen molar-refractivity contribution in [1.29, 1.82) is 0 Å². The molecule has 0 heterocycles. The molecule has 1 aromatic rings. The van der Waals surface area contributed by atoms with Gasteiger partial charge in [-0.3, -0.25) is 9.59 Å². The monoisotopic (exact) mass is 235 g/mol. The first kappa shape index (κ1) is 13.2. The summed E-state index contributed by atoms with van der Waals surface area (Å²) in [7, 11) is 0. The molecule has 17 heavy (non-hydrogen) atoms. The van der Waals surface area contributed by atoms with Crippen LogP contribution in [0.25, 0.3) is 0 Å². The van der Waals surface area contributed by atoms with Gasteiger partial charge < -0.3 is 10.1 Å². The zero-order valence-corrected chi connectivity index (χ0v) is 10.1. The molecule has 0 unspecified atom stereocenters. The lowest BCUT2D eigenvalue weighted by atomic mass is 10.2. The summed E-state index contributed by atoms with van der Waals surface area (Å²) in [6.45, 7) is 3.65. The summed E-state index contributed by atoms with van der Waals surface area (Å²) in [5.74, 6) is -0.685. The first-order chi connectivity index (χ1) is 8.13. The van der Waals surface area contributed by atoms with Crippen molar-refractivity contribution in [3.8, 4) is 0 Å². The standard InChI is InChI=1S/C13H17NO3/c1-3-10(2)17-12(15)9-14-13(16)11-7-5-4-6-8-11/h4-8,10H,3,9H2,1-2H3,(H,14,16)/t10-/m1/s1. The van der Waals surface area contributed by atoms with Crippen LogP contribution in [0.3, 0.4) is 0 Å². The largest absolute Gasteiger partial charge is 0.461 e. The van der Waals surface area contributed by atoms with Gasteiger partial charge in [0.2, 0.25) is 0 Å². The topological polar surface area (TPSA) is 55.4 Å². The average molecular weight is 235 g/mol. The molecule has 0 saturated carbocycles. The Hall–Kier alpha value is -1.84. The van der Waals surface area contributed by atoms with Crippen LogP contribution in [0.5, 0.6) is 0 Å². The van der Waals surface area contributed by atoms with E-state index in [0.29, 0.717) is 5.56 Å². The molecule has 0 radical (unpaired) electrons. The Morgan fingerprint density at radius 3 is 2.53 bits per heavy atom. The molecule has 1 atom stereocenters. The molecule has 0 bridgehead atoms. The number of esters is 1. The number of carbonyl (C=O) groups excluding carboxylic acids is 2. The van der Waals surface area contributed by atoms with Gasteiger partial charge in [-0.15, -0.1) is 0 Å². The van der Waals surface area contributed by atoms with Crippen molar-refractivity contribution in [2.45, 2.75) is 26.4 Å². The van der Waals surface area contributed by atoms with Gasteiger partial charge in [-0.25, -0.2) is 0 Å². The van der Waals surface area contributed by atoms with E-state index in [-0.39, 0.29) is 18.6 Å². The van der Waals surface area contributed by atoms with Gasteiger partial charge in [-0.1, -0.05) is 25.1 Å². The highest BCUT2D eigenvalue weighted by atomic mass is 16.5. The molecule has 1 aromatic carbocycles. The number of rotatable bonds is 5. The van der Waals surface area contributed by atoms with Crippen molar-refractivity contribution in [3.05, 3.63) is 35.9 Å². The second-order valence-electron chi connectivity index (χ2n) is 3.76. The zero-order chi connectivity index (χ0) is 12.7. The van der Waals surface area contributed by atoms with E-state index in [9.17, 15) is 9.59 Å². The number of nitrogens with one attached hydrogen (secondary N) is 1. The van der Waals surface area contributed by atoms with Crippen molar-refractivity contribution in [1.82, 2.24) is 5.32 Å². The summed E-state index contributed by atoms with van der Waals surface area (Å²) >= 11 is 0. The summed E-state index contributed by atoms with van der Waals surface area (Å²) < 4.78 is 5.03. The minimum absolute atomic E-state index is 0.0991. The SMILES string of the molecule is CC[C@@H](C)OC(=O)CNC(=O)c1ccccc1. The highest BCUT2D eigenvalue weighted by Gasteiger charge is 2.10. The molecule has 4 heteroatoms. The zero-order valence-electron chi connectivity index (χ0n) is 10.1. The highest BCUT2D eigenvalue weighted by Crippen LogP contribution is 1.98. The summed E-state index contributed by atoms with van der Waals surface area (Å²) in [6, 6.07) is 8.75. The quantitative estimate of drug-likeness (QED) is 0.791. The summed E-state index contributed by atoms with van der Waals surface area (Å²) in [4.78, 5) is 22.9. The maximum absolute atomic E-state index is 11.6. The summed E-state index contributed by atoms with van der Waals surface area (Å²) in [6.07, 6.45) is 0.648. The van der Waals surface area contributed by atoms with Crippen LogP contribution in [-0.4, -0.2) is 24.5 Å². The third-order valence-corrected chi connectivity index (χ3v) is 2.34. The Morgan fingerprint density at radius 2 is 1.94 bits per heavy atom. The Kier molecular flexibility index (Phi) is 5.20. The Morgan fingerprint density at radius 1 is 1.29 bits per heavy atom. The van der Waals surface area contributed by atoms with Crippen molar-refractivity contribution >= 4 is 11.9 Å². The van der Waals surface area contributed by atoms with Crippen LogP contribution in [0.2, 0.25) is 0 Å². The Labute approximate surface area is 101 Å². The van der Waals surface area contributed by atoms with E-state index in [1.54, 1.807) is 24.3 Å². The summed E-state index contributed by atoms with van der Waals surface area (Å²) in [5, 5.41) is 2.51. The minimum Gasteiger partial charge on any atom is -0.461 e. The minimum atomic E-state index is -0.413. The van der Waals surface area contributed by atoms with E-state index >= 15 is 0 Å². The molecular formula is C13H17NO3.